The van der Waals surface area contributed by atoms with Gasteiger partial charge in [0.15, 0.2) is 0 Å². The molecule has 1 aliphatic heterocycles. The minimum absolute atomic E-state index is 0.0953. The molecule has 2 aliphatic rings. The van der Waals surface area contributed by atoms with Gasteiger partial charge < -0.3 is 4.90 Å². The summed E-state index contributed by atoms with van der Waals surface area (Å²) in [6.45, 7) is 0. The lowest BCUT2D eigenvalue weighted by atomic mass is 10.0. The maximum atomic E-state index is 13.7. The van der Waals surface area contributed by atoms with Crippen molar-refractivity contribution in [2.45, 2.75) is 57.0 Å². The third-order valence-corrected chi connectivity index (χ3v) is 7.02. The second-order valence-electron chi connectivity index (χ2n) is 8.43. The van der Waals surface area contributed by atoms with Gasteiger partial charge in [0, 0.05) is 27.3 Å². The van der Waals surface area contributed by atoms with Crippen LogP contribution >= 0.6 is 22.6 Å². The smallest absolute Gasteiger partial charge is 0.270 e. The van der Waals surface area contributed by atoms with Gasteiger partial charge in [-0.15, -0.1) is 0 Å². The van der Waals surface area contributed by atoms with E-state index >= 15 is 0 Å². The van der Waals surface area contributed by atoms with Crippen molar-refractivity contribution in [3.05, 3.63) is 67.8 Å². The van der Waals surface area contributed by atoms with Gasteiger partial charge in [-0.1, -0.05) is 31.7 Å². The summed E-state index contributed by atoms with van der Waals surface area (Å²) in [5, 5.41) is 11.2. The van der Waals surface area contributed by atoms with Crippen molar-refractivity contribution in [3.8, 4) is 0 Å². The highest BCUT2D eigenvalue weighted by Gasteiger charge is 2.46. The van der Waals surface area contributed by atoms with E-state index in [1.165, 1.54) is 29.2 Å². The zero-order valence-electron chi connectivity index (χ0n) is 18.0. The molecule has 1 atom stereocenters. The molecule has 1 unspecified atom stereocenters. The third-order valence-electron chi connectivity index (χ3n) is 6.30. The van der Waals surface area contributed by atoms with Crippen LogP contribution in [0.1, 0.15) is 55.3 Å². The Labute approximate surface area is 205 Å². The van der Waals surface area contributed by atoms with Crippen molar-refractivity contribution < 1.29 is 19.3 Å². The zero-order chi connectivity index (χ0) is 23.5. The molecule has 1 aliphatic carbocycles. The maximum absolute atomic E-state index is 13.7. The molecular weight excluding hydrogens is 537 g/mol. The summed E-state index contributed by atoms with van der Waals surface area (Å²) < 4.78 is 0.980. The van der Waals surface area contributed by atoms with Crippen molar-refractivity contribution >= 4 is 51.7 Å². The predicted octanol–water partition coefficient (Wildman–Crippen LogP) is 4.70. The lowest BCUT2D eigenvalue weighted by molar-refractivity contribution is -0.384. The van der Waals surface area contributed by atoms with Crippen LogP contribution in [0.2, 0.25) is 0 Å². The summed E-state index contributed by atoms with van der Waals surface area (Å²) in [4.78, 5) is 53.5. The van der Waals surface area contributed by atoms with E-state index < -0.39 is 22.8 Å². The SMILES string of the molecule is O=C1CC(N(C(=O)c2cccc([N+](=O)[O-])c2)C2CCCCCC2)C(=O)N1c1ccc(I)cc1. The fourth-order valence-electron chi connectivity index (χ4n) is 4.69. The molecule has 1 saturated heterocycles. The van der Waals surface area contributed by atoms with E-state index in [4.69, 9.17) is 0 Å². The minimum atomic E-state index is -0.924. The Bertz CT molecular complexity index is 1080. The molecule has 0 aromatic heterocycles. The maximum Gasteiger partial charge on any atom is 0.270 e. The number of carbonyl (C=O) groups is 3. The van der Waals surface area contributed by atoms with Crippen molar-refractivity contribution in [2.24, 2.45) is 0 Å². The van der Waals surface area contributed by atoms with E-state index in [0.717, 1.165) is 47.0 Å². The topological polar surface area (TPSA) is 101 Å². The molecule has 3 amide bonds. The fraction of sp³-hybridized carbons (Fsp3) is 0.375. The second-order valence-corrected chi connectivity index (χ2v) is 9.67. The number of anilines is 1. The first kappa shape index (κ1) is 23.3. The van der Waals surface area contributed by atoms with Crippen LogP contribution in [0, 0.1) is 13.7 Å². The van der Waals surface area contributed by atoms with Crippen LogP contribution in [0.5, 0.6) is 0 Å². The molecule has 2 aromatic carbocycles. The quantitative estimate of drug-likeness (QED) is 0.173. The highest BCUT2D eigenvalue weighted by Crippen LogP contribution is 2.32. The molecule has 4 rings (SSSR count). The van der Waals surface area contributed by atoms with Gasteiger partial charge in [0.2, 0.25) is 5.91 Å². The number of hydrogen-bond acceptors (Lipinski definition) is 5. The number of benzene rings is 2. The number of carbonyl (C=O) groups excluding carboxylic acids is 3. The zero-order valence-corrected chi connectivity index (χ0v) is 20.1. The molecule has 1 saturated carbocycles. The highest BCUT2D eigenvalue weighted by atomic mass is 127. The van der Waals surface area contributed by atoms with Gasteiger partial charge in [-0.05, 0) is 65.8 Å². The number of rotatable bonds is 5. The summed E-state index contributed by atoms with van der Waals surface area (Å²) in [6.07, 6.45) is 5.35. The molecule has 2 fully saturated rings. The first-order valence-electron chi connectivity index (χ1n) is 11.1. The van der Waals surface area contributed by atoms with Gasteiger partial charge in [-0.2, -0.15) is 0 Å². The van der Waals surface area contributed by atoms with E-state index in [9.17, 15) is 24.5 Å². The van der Waals surface area contributed by atoms with E-state index in [0.29, 0.717) is 5.69 Å². The summed E-state index contributed by atoms with van der Waals surface area (Å²) in [6, 6.07) is 11.5. The van der Waals surface area contributed by atoms with Crippen LogP contribution in [-0.4, -0.2) is 39.6 Å². The number of amides is 3. The highest BCUT2D eigenvalue weighted by molar-refractivity contribution is 14.1. The molecule has 33 heavy (non-hydrogen) atoms. The van der Waals surface area contributed by atoms with Gasteiger partial charge in [0.1, 0.15) is 6.04 Å². The van der Waals surface area contributed by atoms with Crippen LogP contribution in [0.15, 0.2) is 48.5 Å². The Kier molecular flexibility index (Phi) is 7.06. The lowest BCUT2D eigenvalue weighted by Crippen LogP contribution is -2.50. The molecular formula is C24H24IN3O5. The summed E-state index contributed by atoms with van der Waals surface area (Å²) in [5.41, 5.74) is 0.453. The molecule has 9 heteroatoms. The standard InChI is InChI=1S/C24H24IN3O5/c25-17-10-12-19(13-11-17)27-22(29)15-21(24(27)31)26(18-7-3-1-2-4-8-18)23(30)16-6-5-9-20(14-16)28(32)33/h5-6,9-14,18,21H,1-4,7-8,15H2. The van der Waals surface area contributed by atoms with Gasteiger partial charge in [0.05, 0.1) is 17.0 Å². The Morgan fingerprint density at radius 2 is 1.70 bits per heavy atom. The third kappa shape index (κ3) is 4.92. The number of imide groups is 1. The number of non-ortho nitro benzene ring substituents is 1. The average Bonchev–Trinajstić information content (AvgIpc) is 2.97. The second kappa shape index (κ2) is 9.98. The Morgan fingerprint density at radius 1 is 1.03 bits per heavy atom. The number of nitro benzene ring substituents is 1. The van der Waals surface area contributed by atoms with Crippen molar-refractivity contribution in [3.63, 3.8) is 0 Å². The Hall–Kier alpha value is -2.82. The first-order chi connectivity index (χ1) is 15.9. The van der Waals surface area contributed by atoms with Crippen LogP contribution < -0.4 is 4.90 Å². The number of halogens is 1. The molecule has 172 valence electrons. The van der Waals surface area contributed by atoms with Gasteiger partial charge >= 0.3 is 0 Å². The van der Waals surface area contributed by atoms with E-state index in [1.807, 2.05) is 12.1 Å². The van der Waals surface area contributed by atoms with Crippen LogP contribution in [0.3, 0.4) is 0 Å². The summed E-state index contributed by atoms with van der Waals surface area (Å²) in [7, 11) is 0. The van der Waals surface area contributed by atoms with E-state index in [2.05, 4.69) is 22.6 Å². The molecule has 1 heterocycles. The first-order valence-corrected chi connectivity index (χ1v) is 12.1. The normalized spacial score (nSPS) is 19.4. The van der Waals surface area contributed by atoms with Crippen molar-refractivity contribution in [2.75, 3.05) is 4.90 Å². The predicted molar refractivity (Wildman–Crippen MR) is 131 cm³/mol. The van der Waals surface area contributed by atoms with Crippen molar-refractivity contribution in [1.82, 2.24) is 4.90 Å². The van der Waals surface area contributed by atoms with Gasteiger partial charge in [-0.3, -0.25) is 24.5 Å². The van der Waals surface area contributed by atoms with E-state index in [1.54, 1.807) is 12.1 Å². The molecule has 0 bridgehead atoms. The minimum Gasteiger partial charge on any atom is -0.323 e. The molecule has 2 aromatic rings. The molecule has 0 spiro atoms. The Morgan fingerprint density at radius 3 is 2.33 bits per heavy atom. The van der Waals surface area contributed by atoms with Crippen molar-refractivity contribution in [1.29, 1.82) is 0 Å². The van der Waals surface area contributed by atoms with Gasteiger partial charge in [0.25, 0.3) is 17.5 Å². The monoisotopic (exact) mass is 561 g/mol. The molecule has 8 nitrogen and oxygen atoms in total. The van der Waals surface area contributed by atoms with E-state index in [-0.39, 0.29) is 29.6 Å². The number of nitro groups is 1. The average molecular weight is 561 g/mol. The largest absolute Gasteiger partial charge is 0.323 e. The summed E-state index contributed by atoms with van der Waals surface area (Å²) >= 11 is 2.15. The van der Waals surface area contributed by atoms with Gasteiger partial charge in [-0.25, -0.2) is 4.90 Å². The molecule has 0 N–H and O–H groups in total. The Balaban J connectivity index is 1.70. The fourth-order valence-corrected chi connectivity index (χ4v) is 5.05. The van der Waals surface area contributed by atoms with Crippen LogP contribution in [-0.2, 0) is 9.59 Å². The molecule has 0 radical (unpaired) electrons. The van der Waals surface area contributed by atoms with Crippen LogP contribution in [0.25, 0.3) is 0 Å². The number of nitrogens with zero attached hydrogens (tertiary/aromatic N) is 3. The lowest BCUT2D eigenvalue weighted by Gasteiger charge is -2.35. The van der Waals surface area contributed by atoms with Crippen LogP contribution in [0.4, 0.5) is 11.4 Å². The number of hydrogen-bond donors (Lipinski definition) is 0. The summed E-state index contributed by atoms with van der Waals surface area (Å²) in [5.74, 6) is -1.22.